The van der Waals surface area contributed by atoms with Gasteiger partial charge in [0.2, 0.25) is 5.91 Å². The smallest absolute Gasteiger partial charge is 0.228 e. The lowest BCUT2D eigenvalue weighted by atomic mass is 10.1. The summed E-state index contributed by atoms with van der Waals surface area (Å²) < 4.78 is 0. The summed E-state index contributed by atoms with van der Waals surface area (Å²) in [4.78, 5) is 15.9. The van der Waals surface area contributed by atoms with Gasteiger partial charge in [0.25, 0.3) is 0 Å². The van der Waals surface area contributed by atoms with E-state index in [1.165, 1.54) is 0 Å². The van der Waals surface area contributed by atoms with Gasteiger partial charge in [-0.2, -0.15) is 0 Å². The molecule has 18 heavy (non-hydrogen) atoms. The molecule has 0 atom stereocenters. The minimum atomic E-state index is -0.133. The molecule has 0 fully saturated rings. The van der Waals surface area contributed by atoms with Gasteiger partial charge in [0.05, 0.1) is 18.3 Å². The summed E-state index contributed by atoms with van der Waals surface area (Å²) in [6, 6.07) is 10.3. The predicted octanol–water partition coefficient (Wildman–Crippen LogP) is 2.28. The van der Waals surface area contributed by atoms with Crippen molar-refractivity contribution in [3.05, 3.63) is 53.9 Å². The molecule has 2 aromatic rings. The van der Waals surface area contributed by atoms with Crippen molar-refractivity contribution in [3.8, 4) is 5.75 Å². The van der Waals surface area contributed by atoms with Gasteiger partial charge in [-0.05, 0) is 36.8 Å². The molecule has 92 valence electrons. The van der Waals surface area contributed by atoms with Gasteiger partial charge in [0, 0.05) is 5.69 Å². The van der Waals surface area contributed by atoms with E-state index in [2.05, 4.69) is 10.3 Å². The van der Waals surface area contributed by atoms with E-state index in [9.17, 15) is 9.90 Å². The van der Waals surface area contributed by atoms with Crippen molar-refractivity contribution in [2.45, 2.75) is 13.3 Å². The zero-order valence-corrected chi connectivity index (χ0v) is 10.1. The normalized spacial score (nSPS) is 10.1. The topological polar surface area (TPSA) is 62.2 Å². The van der Waals surface area contributed by atoms with Crippen LogP contribution in [-0.2, 0) is 11.2 Å². The molecule has 0 saturated carbocycles. The van der Waals surface area contributed by atoms with E-state index in [1.54, 1.807) is 30.5 Å². The monoisotopic (exact) mass is 242 g/mol. The lowest BCUT2D eigenvalue weighted by molar-refractivity contribution is -0.115. The van der Waals surface area contributed by atoms with Gasteiger partial charge >= 0.3 is 0 Å². The Labute approximate surface area is 105 Å². The van der Waals surface area contributed by atoms with Crippen molar-refractivity contribution in [2.24, 2.45) is 0 Å². The Bertz CT molecular complexity index is 550. The maximum atomic E-state index is 11.8. The van der Waals surface area contributed by atoms with Gasteiger partial charge in [-0.1, -0.05) is 12.1 Å². The van der Waals surface area contributed by atoms with E-state index in [-0.39, 0.29) is 18.1 Å². The van der Waals surface area contributed by atoms with Crippen molar-refractivity contribution in [1.82, 2.24) is 4.98 Å². The van der Waals surface area contributed by atoms with Crippen molar-refractivity contribution < 1.29 is 9.90 Å². The van der Waals surface area contributed by atoms with Crippen LogP contribution in [0, 0.1) is 6.92 Å². The summed E-state index contributed by atoms with van der Waals surface area (Å²) in [6.45, 7) is 1.89. The summed E-state index contributed by atoms with van der Waals surface area (Å²) in [5.41, 5.74) is 2.35. The van der Waals surface area contributed by atoms with Crippen molar-refractivity contribution >= 4 is 11.6 Å². The maximum Gasteiger partial charge on any atom is 0.228 e. The highest BCUT2D eigenvalue weighted by Crippen LogP contribution is 2.12. The third-order valence-electron chi connectivity index (χ3n) is 2.47. The van der Waals surface area contributed by atoms with E-state index in [4.69, 9.17) is 0 Å². The lowest BCUT2D eigenvalue weighted by Crippen LogP contribution is -2.14. The van der Waals surface area contributed by atoms with Crippen LogP contribution in [0.5, 0.6) is 5.75 Å². The first-order valence-corrected chi connectivity index (χ1v) is 5.64. The van der Waals surface area contributed by atoms with Crippen LogP contribution in [0.1, 0.15) is 11.3 Å². The first-order chi connectivity index (χ1) is 8.63. The molecule has 0 aliphatic carbocycles. The SMILES string of the molecule is Cc1ccc(NC(=O)Cc2cccc(O)c2)cn1. The number of nitrogens with one attached hydrogen (secondary N) is 1. The average molecular weight is 242 g/mol. The number of amides is 1. The Balaban J connectivity index is 1.98. The van der Waals surface area contributed by atoms with E-state index in [1.807, 2.05) is 19.1 Å². The second-order valence-corrected chi connectivity index (χ2v) is 4.08. The van der Waals surface area contributed by atoms with Gasteiger partial charge in [-0.3, -0.25) is 9.78 Å². The number of aromatic nitrogens is 1. The lowest BCUT2D eigenvalue weighted by Gasteiger charge is -2.05. The second-order valence-electron chi connectivity index (χ2n) is 4.08. The van der Waals surface area contributed by atoms with Crippen molar-refractivity contribution in [2.75, 3.05) is 5.32 Å². The molecule has 2 N–H and O–H groups in total. The number of phenolic OH excluding ortho intramolecular Hbond substituents is 1. The first-order valence-electron chi connectivity index (χ1n) is 5.64. The molecule has 0 aliphatic rings. The summed E-state index contributed by atoms with van der Waals surface area (Å²) in [6.07, 6.45) is 1.85. The highest BCUT2D eigenvalue weighted by Gasteiger charge is 2.04. The Hall–Kier alpha value is -2.36. The van der Waals surface area contributed by atoms with Crippen LogP contribution in [0.15, 0.2) is 42.6 Å². The Morgan fingerprint density at radius 3 is 2.83 bits per heavy atom. The van der Waals surface area contributed by atoms with Crippen LogP contribution < -0.4 is 5.32 Å². The van der Waals surface area contributed by atoms with Crippen LogP contribution in [0.4, 0.5) is 5.69 Å². The number of hydrogen-bond acceptors (Lipinski definition) is 3. The quantitative estimate of drug-likeness (QED) is 0.868. The Kier molecular flexibility index (Phi) is 3.57. The molecule has 0 saturated heterocycles. The number of phenols is 1. The van der Waals surface area contributed by atoms with Crippen LogP contribution in [0.2, 0.25) is 0 Å². The highest BCUT2D eigenvalue weighted by atomic mass is 16.3. The van der Waals surface area contributed by atoms with E-state index < -0.39 is 0 Å². The van der Waals surface area contributed by atoms with E-state index in [0.717, 1.165) is 11.3 Å². The summed E-state index contributed by atoms with van der Waals surface area (Å²) >= 11 is 0. The number of benzene rings is 1. The molecule has 2 rings (SSSR count). The van der Waals surface area contributed by atoms with E-state index >= 15 is 0 Å². The van der Waals surface area contributed by atoms with Crippen LogP contribution in [-0.4, -0.2) is 16.0 Å². The number of aromatic hydroxyl groups is 1. The Morgan fingerprint density at radius 1 is 1.33 bits per heavy atom. The zero-order valence-electron chi connectivity index (χ0n) is 10.1. The van der Waals surface area contributed by atoms with Gasteiger partial charge in [0.1, 0.15) is 5.75 Å². The largest absolute Gasteiger partial charge is 0.508 e. The summed E-state index contributed by atoms with van der Waals surface area (Å²) in [7, 11) is 0. The third kappa shape index (κ3) is 3.31. The molecule has 0 radical (unpaired) electrons. The molecule has 1 aromatic heterocycles. The maximum absolute atomic E-state index is 11.8. The molecule has 1 aromatic carbocycles. The molecule has 4 nitrogen and oxygen atoms in total. The zero-order chi connectivity index (χ0) is 13.0. The molecule has 0 aliphatic heterocycles. The minimum absolute atomic E-state index is 0.133. The standard InChI is InChI=1S/C14H14N2O2/c1-10-5-6-12(9-15-10)16-14(18)8-11-3-2-4-13(17)7-11/h2-7,9,17H,8H2,1H3,(H,16,18). The van der Waals surface area contributed by atoms with Crippen LogP contribution in [0.25, 0.3) is 0 Å². The van der Waals surface area contributed by atoms with Crippen LogP contribution in [0.3, 0.4) is 0 Å². The van der Waals surface area contributed by atoms with Crippen molar-refractivity contribution in [3.63, 3.8) is 0 Å². The number of carbonyl (C=O) groups excluding carboxylic acids is 1. The fourth-order valence-electron chi connectivity index (χ4n) is 1.60. The Morgan fingerprint density at radius 2 is 2.17 bits per heavy atom. The fraction of sp³-hybridized carbons (Fsp3) is 0.143. The summed E-state index contributed by atoms with van der Waals surface area (Å²) in [5.74, 6) is 0.0311. The van der Waals surface area contributed by atoms with Gasteiger partial charge in [-0.15, -0.1) is 0 Å². The molecule has 0 bridgehead atoms. The minimum Gasteiger partial charge on any atom is -0.508 e. The number of carbonyl (C=O) groups is 1. The number of hydrogen-bond donors (Lipinski definition) is 2. The fourth-order valence-corrected chi connectivity index (χ4v) is 1.60. The molecule has 1 heterocycles. The second kappa shape index (κ2) is 5.31. The number of rotatable bonds is 3. The molecular weight excluding hydrogens is 228 g/mol. The van der Waals surface area contributed by atoms with Crippen LogP contribution >= 0.6 is 0 Å². The van der Waals surface area contributed by atoms with Gasteiger partial charge < -0.3 is 10.4 Å². The predicted molar refractivity (Wildman–Crippen MR) is 69.4 cm³/mol. The first kappa shape index (κ1) is 12.1. The molecule has 0 spiro atoms. The number of pyridine rings is 1. The number of anilines is 1. The molecule has 4 heteroatoms. The average Bonchev–Trinajstić information content (AvgIpc) is 2.32. The van der Waals surface area contributed by atoms with Crippen molar-refractivity contribution in [1.29, 1.82) is 0 Å². The number of nitrogens with zero attached hydrogens (tertiary/aromatic N) is 1. The number of aryl methyl sites for hydroxylation is 1. The van der Waals surface area contributed by atoms with Gasteiger partial charge in [-0.25, -0.2) is 0 Å². The van der Waals surface area contributed by atoms with Gasteiger partial charge in [0.15, 0.2) is 0 Å². The molecular formula is C14H14N2O2. The third-order valence-corrected chi connectivity index (χ3v) is 2.47. The van der Waals surface area contributed by atoms with E-state index in [0.29, 0.717) is 5.69 Å². The summed E-state index contributed by atoms with van der Waals surface area (Å²) in [5, 5.41) is 12.1. The molecule has 1 amide bonds. The molecule has 0 unspecified atom stereocenters. The highest BCUT2D eigenvalue weighted by molar-refractivity contribution is 5.92.